The van der Waals surface area contributed by atoms with Gasteiger partial charge >= 0.3 is 5.69 Å². The predicted octanol–water partition coefficient (Wildman–Crippen LogP) is 1.58. The summed E-state index contributed by atoms with van der Waals surface area (Å²) in [4.78, 5) is 31.6. The molecule has 0 radical (unpaired) electrons. The molecule has 8 nitrogen and oxygen atoms in total. The molecular weight excluding hydrogens is 344 g/mol. The molecule has 3 heterocycles. The lowest BCUT2D eigenvalue weighted by Gasteiger charge is -2.11. The van der Waals surface area contributed by atoms with Gasteiger partial charge in [0.1, 0.15) is 0 Å². The topological polar surface area (TPSA) is 90.5 Å². The zero-order valence-corrected chi connectivity index (χ0v) is 15.6. The molecule has 0 unspecified atom stereocenters. The normalized spacial score (nSPS) is 11.4. The molecule has 0 bridgehead atoms. The van der Waals surface area contributed by atoms with Gasteiger partial charge in [0, 0.05) is 12.7 Å². The Balaban J connectivity index is 2.08. The quantitative estimate of drug-likeness (QED) is 0.598. The van der Waals surface area contributed by atoms with Crippen LogP contribution in [0.2, 0.25) is 0 Å². The summed E-state index contributed by atoms with van der Waals surface area (Å²) in [6.07, 6.45) is 0. The van der Waals surface area contributed by atoms with E-state index in [1.807, 2.05) is 55.7 Å². The van der Waals surface area contributed by atoms with E-state index in [1.54, 1.807) is 11.7 Å². The largest absolute Gasteiger partial charge is 0.329 e. The Bertz CT molecular complexity index is 1290. The maximum atomic E-state index is 12.6. The van der Waals surface area contributed by atoms with Crippen LogP contribution in [0.25, 0.3) is 17.1 Å². The van der Waals surface area contributed by atoms with Gasteiger partial charge in [0.05, 0.1) is 12.2 Å². The third-order valence-electron chi connectivity index (χ3n) is 4.78. The molecule has 4 rings (SSSR count). The first-order valence-corrected chi connectivity index (χ1v) is 8.64. The van der Waals surface area contributed by atoms with Crippen molar-refractivity contribution in [2.24, 2.45) is 7.05 Å². The summed E-state index contributed by atoms with van der Waals surface area (Å²) < 4.78 is 4.87. The van der Waals surface area contributed by atoms with Crippen molar-refractivity contribution in [2.45, 2.75) is 27.3 Å². The van der Waals surface area contributed by atoms with Gasteiger partial charge < -0.3 is 0 Å². The molecule has 3 aromatic heterocycles. The molecule has 0 spiro atoms. The van der Waals surface area contributed by atoms with E-state index in [2.05, 4.69) is 15.1 Å². The summed E-state index contributed by atoms with van der Waals surface area (Å²) in [5.74, 6) is 0.505. The van der Waals surface area contributed by atoms with Gasteiger partial charge in [-0.3, -0.25) is 18.9 Å². The van der Waals surface area contributed by atoms with Gasteiger partial charge in [0.15, 0.2) is 11.2 Å². The molecule has 4 aromatic rings. The number of nitrogens with zero attached hydrogens (tertiary/aromatic N) is 5. The van der Waals surface area contributed by atoms with Gasteiger partial charge in [-0.2, -0.15) is 10.1 Å². The molecule has 27 heavy (non-hydrogen) atoms. The molecule has 8 heteroatoms. The second-order valence-electron chi connectivity index (χ2n) is 6.75. The lowest BCUT2D eigenvalue weighted by Crippen LogP contribution is -2.29. The van der Waals surface area contributed by atoms with Crippen molar-refractivity contribution in [1.82, 2.24) is 28.9 Å². The third kappa shape index (κ3) is 2.69. The van der Waals surface area contributed by atoms with Crippen LogP contribution in [0.3, 0.4) is 0 Å². The molecule has 138 valence electrons. The molecule has 0 atom stereocenters. The highest BCUT2D eigenvalue weighted by molar-refractivity contribution is 5.72. The van der Waals surface area contributed by atoms with Crippen LogP contribution >= 0.6 is 0 Å². The molecule has 0 saturated carbocycles. The van der Waals surface area contributed by atoms with E-state index in [-0.39, 0.29) is 0 Å². The zero-order valence-electron chi connectivity index (χ0n) is 15.6. The van der Waals surface area contributed by atoms with E-state index in [9.17, 15) is 9.59 Å². The number of nitrogens with one attached hydrogen (secondary N) is 1. The molecule has 1 N–H and O–H groups in total. The SMILES string of the molecule is Cc1cc(C)n(-c2nc3c(c(=O)[nH]c(=O)n3C)n2Cc2ccccc2C)n1. The van der Waals surface area contributed by atoms with E-state index in [0.717, 1.165) is 22.5 Å². The minimum Gasteiger partial charge on any atom is -0.298 e. The van der Waals surface area contributed by atoms with Crippen molar-refractivity contribution < 1.29 is 0 Å². The second kappa shape index (κ2) is 6.08. The molecule has 0 aliphatic carbocycles. The monoisotopic (exact) mass is 364 g/mol. The molecule has 0 aliphatic heterocycles. The maximum Gasteiger partial charge on any atom is 0.329 e. The fourth-order valence-electron chi connectivity index (χ4n) is 3.32. The Morgan fingerprint density at radius 2 is 1.85 bits per heavy atom. The van der Waals surface area contributed by atoms with Gasteiger partial charge in [-0.1, -0.05) is 24.3 Å². The number of aromatic nitrogens is 6. The average Bonchev–Trinajstić information content (AvgIpc) is 3.15. The van der Waals surface area contributed by atoms with Crippen LogP contribution in [-0.4, -0.2) is 28.9 Å². The van der Waals surface area contributed by atoms with Crippen molar-refractivity contribution >= 4 is 11.2 Å². The Kier molecular flexibility index (Phi) is 3.83. The summed E-state index contributed by atoms with van der Waals surface area (Å²) >= 11 is 0. The minimum atomic E-state index is -0.493. The zero-order chi connectivity index (χ0) is 19.3. The summed E-state index contributed by atoms with van der Waals surface area (Å²) in [5, 5.41) is 4.52. The van der Waals surface area contributed by atoms with Crippen molar-refractivity contribution in [3.05, 3.63) is 73.7 Å². The van der Waals surface area contributed by atoms with Crippen molar-refractivity contribution in [3.63, 3.8) is 0 Å². The minimum absolute atomic E-state index is 0.333. The van der Waals surface area contributed by atoms with Crippen molar-refractivity contribution in [2.75, 3.05) is 0 Å². The fourth-order valence-corrected chi connectivity index (χ4v) is 3.32. The first-order chi connectivity index (χ1) is 12.9. The lowest BCUT2D eigenvalue weighted by atomic mass is 10.1. The number of rotatable bonds is 3. The third-order valence-corrected chi connectivity index (χ3v) is 4.78. The van der Waals surface area contributed by atoms with Gasteiger partial charge in [-0.15, -0.1) is 0 Å². The molecule has 0 saturated heterocycles. The summed E-state index contributed by atoms with van der Waals surface area (Å²) in [6.45, 7) is 6.30. The number of benzene rings is 1. The number of aromatic amines is 1. The average molecular weight is 364 g/mol. The standard InChI is InChI=1S/C19H20N6O2/c1-11-7-5-6-8-14(11)10-24-15-16(23(4)19(27)21-17(15)26)20-18(24)25-13(3)9-12(2)22-25/h5-9H,10H2,1-4H3,(H,21,26,27). The number of fused-ring (bicyclic) bond motifs is 1. The van der Waals surface area contributed by atoms with E-state index >= 15 is 0 Å². The summed E-state index contributed by atoms with van der Waals surface area (Å²) in [5.41, 5.74) is 3.66. The van der Waals surface area contributed by atoms with Crippen LogP contribution in [0, 0.1) is 20.8 Å². The lowest BCUT2D eigenvalue weighted by molar-refractivity contribution is 0.699. The predicted molar refractivity (Wildman–Crippen MR) is 102 cm³/mol. The smallest absolute Gasteiger partial charge is 0.298 e. The molecule has 0 fully saturated rings. The number of hydrogen-bond acceptors (Lipinski definition) is 4. The molecule has 0 amide bonds. The van der Waals surface area contributed by atoms with Gasteiger partial charge in [0.2, 0.25) is 5.95 Å². The fraction of sp³-hybridized carbons (Fsp3) is 0.263. The van der Waals surface area contributed by atoms with E-state index in [1.165, 1.54) is 4.57 Å². The Morgan fingerprint density at radius 1 is 1.11 bits per heavy atom. The van der Waals surface area contributed by atoms with E-state index < -0.39 is 11.2 Å². The molecular formula is C19H20N6O2. The van der Waals surface area contributed by atoms with E-state index in [0.29, 0.717) is 23.7 Å². The van der Waals surface area contributed by atoms with Crippen LogP contribution in [-0.2, 0) is 13.6 Å². The molecule has 0 aliphatic rings. The van der Waals surface area contributed by atoms with Crippen LogP contribution in [0.1, 0.15) is 22.5 Å². The number of imidazole rings is 1. The Morgan fingerprint density at radius 3 is 2.52 bits per heavy atom. The summed E-state index contributed by atoms with van der Waals surface area (Å²) in [6, 6.07) is 9.92. The van der Waals surface area contributed by atoms with Crippen LogP contribution in [0.5, 0.6) is 0 Å². The van der Waals surface area contributed by atoms with Gasteiger partial charge in [-0.05, 0) is 38.0 Å². The van der Waals surface area contributed by atoms with Crippen LogP contribution in [0.15, 0.2) is 39.9 Å². The number of aryl methyl sites for hydroxylation is 4. The second-order valence-corrected chi connectivity index (χ2v) is 6.75. The highest BCUT2D eigenvalue weighted by Gasteiger charge is 2.20. The number of hydrogen-bond donors (Lipinski definition) is 1. The van der Waals surface area contributed by atoms with Crippen LogP contribution < -0.4 is 11.2 Å². The summed E-state index contributed by atoms with van der Waals surface area (Å²) in [7, 11) is 1.59. The van der Waals surface area contributed by atoms with Gasteiger partial charge in [-0.25, -0.2) is 9.48 Å². The Labute approximate surface area is 154 Å². The van der Waals surface area contributed by atoms with Crippen molar-refractivity contribution in [1.29, 1.82) is 0 Å². The number of H-pyrrole nitrogens is 1. The first-order valence-electron chi connectivity index (χ1n) is 8.64. The maximum absolute atomic E-state index is 12.6. The van der Waals surface area contributed by atoms with E-state index in [4.69, 9.17) is 0 Å². The highest BCUT2D eigenvalue weighted by atomic mass is 16.2. The molecule has 1 aromatic carbocycles. The highest BCUT2D eigenvalue weighted by Crippen LogP contribution is 2.20. The Hall–Kier alpha value is -3.42. The first kappa shape index (κ1) is 17.0. The van der Waals surface area contributed by atoms with Gasteiger partial charge in [0.25, 0.3) is 5.56 Å². The van der Waals surface area contributed by atoms with Crippen LogP contribution in [0.4, 0.5) is 0 Å². The van der Waals surface area contributed by atoms with Crippen molar-refractivity contribution in [3.8, 4) is 5.95 Å².